The van der Waals surface area contributed by atoms with Crippen molar-refractivity contribution >= 4 is 30.9 Å². The Morgan fingerprint density at radius 3 is 2.87 bits per heavy atom. The van der Waals surface area contributed by atoms with Gasteiger partial charge in [0, 0.05) is 30.9 Å². The fourth-order valence-corrected chi connectivity index (χ4v) is 4.11. The zero-order chi connectivity index (χ0) is 11.3. The number of alkyl halides is 2. The molecular weight excluding hydrogens is 258 g/mol. The van der Waals surface area contributed by atoms with E-state index in [1.807, 2.05) is 6.92 Å². The van der Waals surface area contributed by atoms with Crippen molar-refractivity contribution in [2.75, 3.05) is 32.1 Å². The van der Waals surface area contributed by atoms with Gasteiger partial charge in [-0.3, -0.25) is 4.57 Å². The fourth-order valence-electron chi connectivity index (χ4n) is 1.43. The van der Waals surface area contributed by atoms with Gasteiger partial charge in [0.15, 0.2) is 0 Å². The molecule has 0 aliphatic carbocycles. The molecule has 1 fully saturated rings. The summed E-state index contributed by atoms with van der Waals surface area (Å²) >= 11 is 11.6. The smallest absolute Gasteiger partial charge is 0.306 e. The normalized spacial score (nSPS) is 29.3. The van der Waals surface area contributed by atoms with Crippen LogP contribution in [-0.2, 0) is 9.09 Å². The summed E-state index contributed by atoms with van der Waals surface area (Å²) in [6.45, 7) is 4.13. The quantitative estimate of drug-likeness (QED) is 0.617. The molecule has 4 nitrogen and oxygen atoms in total. The highest BCUT2D eigenvalue weighted by Gasteiger charge is 2.33. The van der Waals surface area contributed by atoms with Gasteiger partial charge in [-0.1, -0.05) is 0 Å². The van der Waals surface area contributed by atoms with Crippen molar-refractivity contribution in [2.45, 2.75) is 18.7 Å². The first-order valence-corrected chi connectivity index (χ1v) is 7.58. The van der Waals surface area contributed by atoms with Gasteiger partial charge in [0.05, 0.1) is 6.61 Å². The fraction of sp³-hybridized carbons (Fsp3) is 1.00. The lowest BCUT2D eigenvalue weighted by atomic mass is 10.5. The van der Waals surface area contributed by atoms with Crippen LogP contribution < -0.4 is 5.09 Å². The lowest BCUT2D eigenvalue weighted by Gasteiger charge is -2.34. The van der Waals surface area contributed by atoms with Crippen molar-refractivity contribution in [3.05, 3.63) is 0 Å². The number of halogens is 2. The summed E-state index contributed by atoms with van der Waals surface area (Å²) in [5.41, 5.74) is 0. The Hall–Kier alpha value is 0.690. The standard InChI is InChI=1S/C8H17Cl2N2O2P/c1-8(10)7-12(5-3-9)15(13)11-4-2-6-14-15/h8H,2-7H2,1H3,(H,11,13). The third kappa shape index (κ3) is 4.22. The Morgan fingerprint density at radius 2 is 2.40 bits per heavy atom. The molecule has 0 amide bonds. The summed E-state index contributed by atoms with van der Waals surface area (Å²) in [7, 11) is -2.88. The van der Waals surface area contributed by atoms with Gasteiger partial charge >= 0.3 is 7.67 Å². The average molecular weight is 275 g/mol. The second-order valence-corrected chi connectivity index (χ2v) is 6.80. The van der Waals surface area contributed by atoms with Crippen LogP contribution in [-0.4, -0.2) is 42.2 Å². The molecule has 1 aliphatic rings. The molecule has 0 bridgehead atoms. The first-order chi connectivity index (χ1) is 7.08. The van der Waals surface area contributed by atoms with Crippen molar-refractivity contribution in [2.24, 2.45) is 0 Å². The van der Waals surface area contributed by atoms with E-state index in [4.69, 9.17) is 27.7 Å². The van der Waals surface area contributed by atoms with E-state index in [1.54, 1.807) is 4.67 Å². The SMILES string of the molecule is CC(Cl)CN(CCCl)P1(=O)NCCCO1. The van der Waals surface area contributed by atoms with E-state index >= 15 is 0 Å². The maximum Gasteiger partial charge on any atom is 0.343 e. The van der Waals surface area contributed by atoms with E-state index in [1.165, 1.54) is 0 Å². The van der Waals surface area contributed by atoms with Gasteiger partial charge in [-0.05, 0) is 13.3 Å². The molecule has 15 heavy (non-hydrogen) atoms. The number of hydrogen-bond donors (Lipinski definition) is 1. The summed E-state index contributed by atoms with van der Waals surface area (Å²) < 4.78 is 19.4. The highest BCUT2D eigenvalue weighted by Crippen LogP contribution is 2.48. The molecule has 0 aromatic carbocycles. The molecule has 0 saturated carbocycles. The highest BCUT2D eigenvalue weighted by atomic mass is 35.5. The molecule has 2 atom stereocenters. The second-order valence-electron chi connectivity index (χ2n) is 3.50. The van der Waals surface area contributed by atoms with Crippen LogP contribution in [0.1, 0.15) is 13.3 Å². The van der Waals surface area contributed by atoms with Gasteiger partial charge in [0.25, 0.3) is 0 Å². The van der Waals surface area contributed by atoms with Crippen LogP contribution in [0.4, 0.5) is 0 Å². The molecule has 1 saturated heterocycles. The van der Waals surface area contributed by atoms with E-state index in [9.17, 15) is 4.57 Å². The zero-order valence-corrected chi connectivity index (χ0v) is 11.2. The summed E-state index contributed by atoms with van der Waals surface area (Å²) in [4.78, 5) is 0. The van der Waals surface area contributed by atoms with E-state index in [-0.39, 0.29) is 5.38 Å². The van der Waals surface area contributed by atoms with Crippen LogP contribution in [0, 0.1) is 0 Å². The summed E-state index contributed by atoms with van der Waals surface area (Å²) in [5, 5.41) is 2.85. The first-order valence-electron chi connectivity index (χ1n) is 5.03. The van der Waals surface area contributed by atoms with Gasteiger partial charge in [-0.15, -0.1) is 23.2 Å². The van der Waals surface area contributed by atoms with Gasteiger partial charge in [-0.25, -0.2) is 9.76 Å². The number of nitrogens with zero attached hydrogens (tertiary/aromatic N) is 1. The molecule has 0 aromatic rings. The van der Waals surface area contributed by atoms with Gasteiger partial charge in [0.1, 0.15) is 0 Å². The van der Waals surface area contributed by atoms with Crippen LogP contribution >= 0.6 is 30.9 Å². The van der Waals surface area contributed by atoms with Gasteiger partial charge in [-0.2, -0.15) is 0 Å². The third-order valence-electron chi connectivity index (χ3n) is 2.08. The van der Waals surface area contributed by atoms with Gasteiger partial charge < -0.3 is 4.52 Å². The van der Waals surface area contributed by atoms with Crippen LogP contribution in [0.15, 0.2) is 0 Å². The third-order valence-corrected chi connectivity index (χ3v) is 4.65. The number of hydrogen-bond acceptors (Lipinski definition) is 2. The number of rotatable bonds is 5. The zero-order valence-electron chi connectivity index (χ0n) is 8.79. The largest absolute Gasteiger partial charge is 0.343 e. The Morgan fingerprint density at radius 1 is 1.67 bits per heavy atom. The van der Waals surface area contributed by atoms with Gasteiger partial charge in [0.2, 0.25) is 0 Å². The Balaban J connectivity index is 2.63. The van der Waals surface area contributed by atoms with Crippen molar-refractivity contribution in [1.82, 2.24) is 9.76 Å². The van der Waals surface area contributed by atoms with Crippen molar-refractivity contribution in [3.8, 4) is 0 Å². The molecule has 1 N–H and O–H groups in total. The molecule has 0 radical (unpaired) electrons. The molecule has 2 unspecified atom stereocenters. The Bertz CT molecular complexity index is 231. The van der Waals surface area contributed by atoms with E-state index < -0.39 is 7.67 Å². The Kier molecular flexibility index (Phi) is 5.90. The molecule has 1 heterocycles. The summed E-state index contributed by atoms with van der Waals surface area (Å²) in [6.07, 6.45) is 0.884. The molecule has 0 spiro atoms. The molecule has 1 rings (SSSR count). The highest BCUT2D eigenvalue weighted by molar-refractivity contribution is 7.54. The minimum absolute atomic E-state index is 0.0774. The molecule has 1 aliphatic heterocycles. The first kappa shape index (κ1) is 13.8. The predicted octanol–water partition coefficient (Wildman–Crippen LogP) is 2.27. The predicted molar refractivity (Wildman–Crippen MR) is 63.8 cm³/mol. The van der Waals surface area contributed by atoms with E-state index in [0.717, 1.165) is 6.42 Å². The van der Waals surface area contributed by atoms with Crippen LogP contribution in [0.5, 0.6) is 0 Å². The maximum absolute atomic E-state index is 12.3. The monoisotopic (exact) mass is 274 g/mol. The average Bonchev–Trinajstić information content (AvgIpc) is 2.18. The van der Waals surface area contributed by atoms with Crippen molar-refractivity contribution in [1.29, 1.82) is 0 Å². The van der Waals surface area contributed by atoms with Crippen LogP contribution in [0.2, 0.25) is 0 Å². The Labute approximate surface area is 101 Å². The maximum atomic E-state index is 12.3. The lowest BCUT2D eigenvalue weighted by molar-refractivity contribution is 0.230. The van der Waals surface area contributed by atoms with E-state index in [2.05, 4.69) is 5.09 Å². The minimum Gasteiger partial charge on any atom is -0.306 e. The second kappa shape index (κ2) is 6.43. The van der Waals surface area contributed by atoms with Crippen LogP contribution in [0.25, 0.3) is 0 Å². The minimum atomic E-state index is -2.88. The molecule has 90 valence electrons. The lowest BCUT2D eigenvalue weighted by Crippen LogP contribution is -2.37. The summed E-state index contributed by atoms with van der Waals surface area (Å²) in [6, 6.07) is 0. The molecule has 7 heteroatoms. The summed E-state index contributed by atoms with van der Waals surface area (Å²) in [5.74, 6) is 0.415. The van der Waals surface area contributed by atoms with E-state index in [0.29, 0.717) is 32.1 Å². The number of nitrogens with one attached hydrogen (secondary N) is 1. The van der Waals surface area contributed by atoms with Crippen molar-refractivity contribution < 1.29 is 9.09 Å². The van der Waals surface area contributed by atoms with Crippen molar-refractivity contribution in [3.63, 3.8) is 0 Å². The van der Waals surface area contributed by atoms with Crippen LogP contribution in [0.3, 0.4) is 0 Å². The molecule has 0 aromatic heterocycles. The topological polar surface area (TPSA) is 41.6 Å². The molecular formula is C8H17Cl2N2O2P.